The van der Waals surface area contributed by atoms with Crippen LogP contribution >= 0.6 is 0 Å². The number of amides is 1. The van der Waals surface area contributed by atoms with Crippen molar-refractivity contribution in [2.45, 2.75) is 19.9 Å². The fourth-order valence-corrected chi connectivity index (χ4v) is 2.38. The summed E-state index contributed by atoms with van der Waals surface area (Å²) in [6.07, 6.45) is 0.705. The number of benzene rings is 2. The summed E-state index contributed by atoms with van der Waals surface area (Å²) in [6.45, 7) is 4.58. The maximum Gasteiger partial charge on any atom is 0.234 e. The van der Waals surface area contributed by atoms with Crippen LogP contribution in [0, 0.1) is 5.82 Å². The summed E-state index contributed by atoms with van der Waals surface area (Å²) in [7, 11) is 0. The van der Waals surface area contributed by atoms with Crippen LogP contribution in [-0.4, -0.2) is 30.4 Å². The van der Waals surface area contributed by atoms with E-state index in [0.29, 0.717) is 19.5 Å². The molecule has 1 amide bonds. The molecule has 23 heavy (non-hydrogen) atoms. The van der Waals surface area contributed by atoms with Crippen molar-refractivity contribution >= 4 is 5.91 Å². The first kappa shape index (κ1) is 17.2. The number of hydrogen-bond acceptors (Lipinski definition) is 2. The molecule has 0 saturated carbocycles. The van der Waals surface area contributed by atoms with Crippen LogP contribution in [0.1, 0.15) is 18.1 Å². The van der Waals surface area contributed by atoms with E-state index in [1.165, 1.54) is 17.7 Å². The molecule has 0 spiro atoms. The third-order valence-corrected chi connectivity index (χ3v) is 3.71. The Balaban J connectivity index is 1.73. The molecule has 1 N–H and O–H groups in total. The summed E-state index contributed by atoms with van der Waals surface area (Å²) < 4.78 is 12.8. The van der Waals surface area contributed by atoms with E-state index in [4.69, 9.17) is 0 Å². The van der Waals surface area contributed by atoms with Crippen LogP contribution < -0.4 is 5.32 Å². The van der Waals surface area contributed by atoms with E-state index >= 15 is 0 Å². The van der Waals surface area contributed by atoms with Gasteiger partial charge in [0, 0.05) is 13.1 Å². The third kappa shape index (κ3) is 6.20. The van der Waals surface area contributed by atoms with E-state index in [9.17, 15) is 9.18 Å². The van der Waals surface area contributed by atoms with Gasteiger partial charge in [-0.25, -0.2) is 4.39 Å². The fraction of sp³-hybridized carbons (Fsp3) is 0.316. The van der Waals surface area contributed by atoms with Gasteiger partial charge in [-0.3, -0.25) is 9.69 Å². The Kier molecular flexibility index (Phi) is 6.76. The Bertz CT molecular complexity index is 599. The second-order valence-corrected chi connectivity index (χ2v) is 5.52. The average molecular weight is 314 g/mol. The molecule has 0 atom stereocenters. The first-order valence-electron chi connectivity index (χ1n) is 7.95. The molecule has 4 heteroatoms. The summed E-state index contributed by atoms with van der Waals surface area (Å²) in [5.41, 5.74) is 2.22. The Morgan fingerprint density at radius 1 is 1.04 bits per heavy atom. The number of nitrogens with one attached hydrogen (secondary N) is 1. The molecular weight excluding hydrogens is 291 g/mol. The van der Waals surface area contributed by atoms with Crippen LogP contribution in [0.3, 0.4) is 0 Å². The minimum Gasteiger partial charge on any atom is -0.355 e. The van der Waals surface area contributed by atoms with Crippen molar-refractivity contribution in [3.63, 3.8) is 0 Å². The highest BCUT2D eigenvalue weighted by molar-refractivity contribution is 5.78. The molecule has 0 unspecified atom stereocenters. The predicted molar refractivity (Wildman–Crippen MR) is 90.5 cm³/mol. The van der Waals surface area contributed by atoms with Crippen LogP contribution in [0.5, 0.6) is 0 Å². The van der Waals surface area contributed by atoms with Crippen LogP contribution in [0.4, 0.5) is 4.39 Å². The normalized spacial score (nSPS) is 10.7. The number of halogens is 1. The number of hydrogen-bond donors (Lipinski definition) is 1. The summed E-state index contributed by atoms with van der Waals surface area (Å²) in [6, 6.07) is 16.5. The van der Waals surface area contributed by atoms with Gasteiger partial charge in [-0.05, 0) is 36.2 Å². The highest BCUT2D eigenvalue weighted by atomic mass is 19.1. The molecule has 122 valence electrons. The number of nitrogens with zero attached hydrogens (tertiary/aromatic N) is 1. The Hall–Kier alpha value is -2.20. The van der Waals surface area contributed by atoms with E-state index in [0.717, 1.165) is 18.7 Å². The van der Waals surface area contributed by atoms with Gasteiger partial charge in [0.15, 0.2) is 0 Å². The molecule has 0 fully saturated rings. The molecule has 3 nitrogen and oxygen atoms in total. The molecule has 0 aliphatic rings. The molecule has 0 aliphatic carbocycles. The zero-order valence-electron chi connectivity index (χ0n) is 13.5. The largest absolute Gasteiger partial charge is 0.355 e. The number of carbonyl (C=O) groups excluding carboxylic acids is 1. The lowest BCUT2D eigenvalue weighted by atomic mass is 10.1. The second-order valence-electron chi connectivity index (χ2n) is 5.52. The molecule has 2 aromatic rings. The minimum absolute atomic E-state index is 0.0184. The van der Waals surface area contributed by atoms with E-state index in [1.54, 1.807) is 12.1 Å². The van der Waals surface area contributed by atoms with Crippen LogP contribution in [0.25, 0.3) is 0 Å². The Morgan fingerprint density at radius 3 is 2.39 bits per heavy atom. The van der Waals surface area contributed by atoms with E-state index in [-0.39, 0.29) is 11.7 Å². The first-order valence-corrected chi connectivity index (χ1v) is 7.95. The molecular formula is C19H23FN2O. The fourth-order valence-electron chi connectivity index (χ4n) is 2.38. The molecule has 0 heterocycles. The van der Waals surface area contributed by atoms with Crippen molar-refractivity contribution in [3.8, 4) is 0 Å². The van der Waals surface area contributed by atoms with Crippen molar-refractivity contribution in [2.75, 3.05) is 19.6 Å². The molecule has 2 rings (SSSR count). The Morgan fingerprint density at radius 2 is 1.74 bits per heavy atom. The molecule has 2 aromatic carbocycles. The zero-order valence-corrected chi connectivity index (χ0v) is 13.5. The zero-order chi connectivity index (χ0) is 16.5. The number of carbonyl (C=O) groups is 1. The number of rotatable bonds is 8. The van der Waals surface area contributed by atoms with Crippen molar-refractivity contribution < 1.29 is 9.18 Å². The molecule has 0 aromatic heterocycles. The standard InChI is InChI=1S/C19H23FN2O/c1-2-22(14-17-6-4-3-5-7-17)15-19(23)21-13-12-16-8-10-18(20)11-9-16/h3-11H,2,12-15H2,1H3,(H,21,23). The second kappa shape index (κ2) is 9.06. The van der Waals surface area contributed by atoms with Crippen molar-refractivity contribution in [1.29, 1.82) is 0 Å². The van der Waals surface area contributed by atoms with Gasteiger partial charge >= 0.3 is 0 Å². The van der Waals surface area contributed by atoms with Crippen molar-refractivity contribution in [1.82, 2.24) is 10.2 Å². The van der Waals surface area contributed by atoms with Gasteiger partial charge < -0.3 is 5.32 Å². The maximum atomic E-state index is 12.8. The topological polar surface area (TPSA) is 32.3 Å². The predicted octanol–water partition coefficient (Wildman–Crippen LogP) is 3.01. The van der Waals surface area contributed by atoms with Gasteiger partial charge in [-0.1, -0.05) is 49.4 Å². The highest BCUT2D eigenvalue weighted by Crippen LogP contribution is 2.04. The van der Waals surface area contributed by atoms with Crippen molar-refractivity contribution in [2.24, 2.45) is 0 Å². The molecule has 0 saturated heterocycles. The third-order valence-electron chi connectivity index (χ3n) is 3.71. The lowest BCUT2D eigenvalue weighted by Crippen LogP contribution is -2.37. The summed E-state index contributed by atoms with van der Waals surface area (Å²) in [5, 5.41) is 2.92. The Labute approximate surface area is 137 Å². The van der Waals surface area contributed by atoms with Crippen molar-refractivity contribution in [3.05, 3.63) is 71.5 Å². The van der Waals surface area contributed by atoms with Crippen LogP contribution in [0.15, 0.2) is 54.6 Å². The summed E-state index contributed by atoms with van der Waals surface area (Å²) in [5.74, 6) is -0.220. The van der Waals surface area contributed by atoms with E-state index < -0.39 is 0 Å². The quantitative estimate of drug-likeness (QED) is 0.812. The minimum atomic E-state index is -0.239. The lowest BCUT2D eigenvalue weighted by Gasteiger charge is -2.20. The average Bonchev–Trinajstić information content (AvgIpc) is 2.57. The van der Waals surface area contributed by atoms with Crippen LogP contribution in [-0.2, 0) is 17.8 Å². The summed E-state index contributed by atoms with van der Waals surface area (Å²) >= 11 is 0. The van der Waals surface area contributed by atoms with Gasteiger partial charge in [0.05, 0.1) is 6.54 Å². The van der Waals surface area contributed by atoms with Gasteiger partial charge in [0.2, 0.25) is 5.91 Å². The molecule has 0 bridgehead atoms. The maximum absolute atomic E-state index is 12.8. The van der Waals surface area contributed by atoms with Gasteiger partial charge in [-0.15, -0.1) is 0 Å². The first-order chi connectivity index (χ1) is 11.2. The number of likely N-dealkylation sites (N-methyl/N-ethyl adjacent to an activating group) is 1. The lowest BCUT2D eigenvalue weighted by molar-refractivity contribution is -0.122. The van der Waals surface area contributed by atoms with Gasteiger partial charge in [0.25, 0.3) is 0 Å². The highest BCUT2D eigenvalue weighted by Gasteiger charge is 2.09. The SMILES string of the molecule is CCN(CC(=O)NCCc1ccc(F)cc1)Cc1ccccc1. The smallest absolute Gasteiger partial charge is 0.234 e. The van der Waals surface area contributed by atoms with Crippen LogP contribution in [0.2, 0.25) is 0 Å². The monoisotopic (exact) mass is 314 g/mol. The summed E-state index contributed by atoms with van der Waals surface area (Å²) in [4.78, 5) is 14.1. The molecule has 0 aliphatic heterocycles. The van der Waals surface area contributed by atoms with Gasteiger partial charge in [0.1, 0.15) is 5.82 Å². The van der Waals surface area contributed by atoms with E-state index in [1.807, 2.05) is 18.2 Å². The van der Waals surface area contributed by atoms with E-state index in [2.05, 4.69) is 29.3 Å². The molecule has 0 radical (unpaired) electrons. The van der Waals surface area contributed by atoms with Gasteiger partial charge in [-0.2, -0.15) is 0 Å².